The Bertz CT molecular complexity index is 966. The van der Waals surface area contributed by atoms with E-state index >= 15 is 0 Å². The summed E-state index contributed by atoms with van der Waals surface area (Å²) in [6, 6.07) is 5.23. The first-order chi connectivity index (χ1) is 15.3. The molecule has 1 fully saturated rings. The van der Waals surface area contributed by atoms with E-state index < -0.39 is 24.6 Å². The Balaban J connectivity index is 1.84. The van der Waals surface area contributed by atoms with Crippen molar-refractivity contribution in [2.24, 2.45) is 0 Å². The van der Waals surface area contributed by atoms with Gasteiger partial charge in [-0.2, -0.15) is 0 Å². The topological polar surface area (TPSA) is 107 Å². The molecule has 1 saturated carbocycles. The first kappa shape index (κ1) is 23.7. The second-order valence-electron chi connectivity index (χ2n) is 8.07. The van der Waals surface area contributed by atoms with Crippen molar-refractivity contribution in [3.8, 4) is 10.4 Å². The Kier molecular flexibility index (Phi) is 8.21. The molecule has 0 radical (unpaired) electrons. The maximum absolute atomic E-state index is 12.3. The molecular formula is C23H29N3O5S. The molecule has 32 heavy (non-hydrogen) atoms. The van der Waals surface area contributed by atoms with Gasteiger partial charge in [-0.15, -0.1) is 11.3 Å². The average molecular weight is 460 g/mol. The number of hydrogen-bond donors (Lipinski definition) is 2. The molecule has 0 aliphatic heterocycles. The van der Waals surface area contributed by atoms with Gasteiger partial charge in [0.25, 0.3) is 5.91 Å². The molecule has 0 unspecified atom stereocenters. The lowest BCUT2D eigenvalue weighted by Crippen LogP contribution is -2.21. The minimum atomic E-state index is -0.581. The summed E-state index contributed by atoms with van der Waals surface area (Å²) in [7, 11) is 0. The van der Waals surface area contributed by atoms with Crippen LogP contribution in [0.15, 0.2) is 24.4 Å². The van der Waals surface area contributed by atoms with E-state index in [2.05, 4.69) is 15.6 Å². The van der Waals surface area contributed by atoms with Gasteiger partial charge in [-0.25, -0.2) is 9.78 Å². The molecule has 1 aromatic carbocycles. The van der Waals surface area contributed by atoms with E-state index in [-0.39, 0.29) is 6.10 Å². The Morgan fingerprint density at radius 2 is 1.91 bits per heavy atom. The second-order valence-corrected chi connectivity index (χ2v) is 9.13. The van der Waals surface area contributed by atoms with Crippen LogP contribution in [0, 0.1) is 0 Å². The minimum Gasteiger partial charge on any atom is -0.456 e. The Hall–Kier alpha value is -2.94. The number of rotatable bonds is 7. The zero-order valence-corrected chi connectivity index (χ0v) is 19.4. The van der Waals surface area contributed by atoms with Crippen LogP contribution in [0.4, 0.5) is 16.2 Å². The SMILES string of the molecule is CC(=O)OCC(=O)Nc1cc(NC(=O)OC(C)C)ccc1-c1cnc(C2CCCCC2)s1. The maximum atomic E-state index is 12.3. The summed E-state index contributed by atoms with van der Waals surface area (Å²) < 4.78 is 9.92. The Morgan fingerprint density at radius 1 is 1.16 bits per heavy atom. The van der Waals surface area contributed by atoms with Gasteiger partial charge in [-0.05, 0) is 44.9 Å². The molecule has 0 bridgehead atoms. The summed E-state index contributed by atoms with van der Waals surface area (Å²) in [6.45, 7) is 4.37. The predicted molar refractivity (Wildman–Crippen MR) is 124 cm³/mol. The van der Waals surface area contributed by atoms with E-state index in [4.69, 9.17) is 9.47 Å². The van der Waals surface area contributed by atoms with Crippen LogP contribution in [-0.4, -0.2) is 35.7 Å². The van der Waals surface area contributed by atoms with E-state index in [1.54, 1.807) is 37.3 Å². The molecule has 0 spiro atoms. The molecular weight excluding hydrogens is 430 g/mol. The minimum absolute atomic E-state index is 0.257. The van der Waals surface area contributed by atoms with Gasteiger partial charge in [0.05, 0.1) is 21.7 Å². The zero-order valence-electron chi connectivity index (χ0n) is 18.6. The van der Waals surface area contributed by atoms with E-state index in [0.717, 1.165) is 28.3 Å². The number of nitrogens with one attached hydrogen (secondary N) is 2. The highest BCUT2D eigenvalue weighted by atomic mass is 32.1. The maximum Gasteiger partial charge on any atom is 0.411 e. The van der Waals surface area contributed by atoms with Gasteiger partial charge >= 0.3 is 12.1 Å². The summed E-state index contributed by atoms with van der Waals surface area (Å²) in [5.41, 5.74) is 1.74. The third kappa shape index (κ3) is 6.78. The molecule has 0 saturated heterocycles. The lowest BCUT2D eigenvalue weighted by atomic mass is 9.90. The second kappa shape index (κ2) is 11.1. The first-order valence-corrected chi connectivity index (χ1v) is 11.6. The monoisotopic (exact) mass is 459 g/mol. The standard InChI is InChI=1S/C23H29N3O5S/c1-14(2)31-23(29)25-17-9-10-18(19(11-17)26-21(28)13-30-15(3)27)20-12-24-22(32-20)16-7-5-4-6-8-16/h9-12,14,16H,4-8,13H2,1-3H3,(H,25,29)(H,26,28). The predicted octanol–water partition coefficient (Wildman–Crippen LogP) is 5.32. The van der Waals surface area contributed by atoms with Gasteiger partial charge in [0, 0.05) is 30.3 Å². The molecule has 2 aromatic rings. The molecule has 1 aliphatic rings. The summed E-state index contributed by atoms with van der Waals surface area (Å²) in [5, 5.41) is 6.55. The normalized spacial score (nSPS) is 14.1. The third-order valence-electron chi connectivity index (χ3n) is 5.03. The van der Waals surface area contributed by atoms with Crippen LogP contribution >= 0.6 is 11.3 Å². The first-order valence-electron chi connectivity index (χ1n) is 10.8. The van der Waals surface area contributed by atoms with Crippen LogP contribution < -0.4 is 10.6 Å². The Labute approximate surface area is 191 Å². The number of carbonyl (C=O) groups is 3. The van der Waals surface area contributed by atoms with Crippen LogP contribution in [0.1, 0.15) is 63.8 Å². The lowest BCUT2D eigenvalue weighted by Gasteiger charge is -2.19. The van der Waals surface area contributed by atoms with Crippen molar-refractivity contribution < 1.29 is 23.9 Å². The summed E-state index contributed by atoms with van der Waals surface area (Å²) in [5.74, 6) is -0.525. The number of ether oxygens (including phenoxy) is 2. The highest BCUT2D eigenvalue weighted by Crippen LogP contribution is 2.40. The number of benzene rings is 1. The van der Waals surface area contributed by atoms with E-state index in [9.17, 15) is 14.4 Å². The number of carbonyl (C=O) groups excluding carboxylic acids is 3. The van der Waals surface area contributed by atoms with E-state index in [1.807, 2.05) is 12.3 Å². The number of amides is 2. The number of nitrogens with zero attached hydrogens (tertiary/aromatic N) is 1. The fourth-order valence-corrected chi connectivity index (χ4v) is 4.73. The third-order valence-corrected chi connectivity index (χ3v) is 6.23. The van der Waals surface area contributed by atoms with Crippen molar-refractivity contribution >= 4 is 40.7 Å². The number of anilines is 2. The molecule has 2 amide bonds. The van der Waals surface area contributed by atoms with Gasteiger partial charge in [0.1, 0.15) is 0 Å². The van der Waals surface area contributed by atoms with Gasteiger partial charge < -0.3 is 14.8 Å². The van der Waals surface area contributed by atoms with E-state index in [0.29, 0.717) is 17.3 Å². The van der Waals surface area contributed by atoms with Crippen molar-refractivity contribution in [2.75, 3.05) is 17.2 Å². The van der Waals surface area contributed by atoms with Gasteiger partial charge in [-0.1, -0.05) is 19.3 Å². The smallest absolute Gasteiger partial charge is 0.411 e. The van der Waals surface area contributed by atoms with Crippen molar-refractivity contribution in [3.63, 3.8) is 0 Å². The highest BCUT2D eigenvalue weighted by molar-refractivity contribution is 7.15. The van der Waals surface area contributed by atoms with Crippen LogP contribution in [0.2, 0.25) is 0 Å². The van der Waals surface area contributed by atoms with Crippen LogP contribution in [0.3, 0.4) is 0 Å². The van der Waals surface area contributed by atoms with Gasteiger partial charge in [-0.3, -0.25) is 14.9 Å². The zero-order chi connectivity index (χ0) is 23.1. The Morgan fingerprint density at radius 3 is 2.59 bits per heavy atom. The number of hydrogen-bond acceptors (Lipinski definition) is 7. The molecule has 8 nitrogen and oxygen atoms in total. The largest absolute Gasteiger partial charge is 0.456 e. The fourth-order valence-electron chi connectivity index (χ4n) is 3.61. The van der Waals surface area contributed by atoms with Crippen molar-refractivity contribution in [1.82, 2.24) is 4.98 Å². The van der Waals surface area contributed by atoms with Crippen molar-refractivity contribution in [2.45, 2.75) is 64.9 Å². The molecule has 172 valence electrons. The lowest BCUT2D eigenvalue weighted by molar-refractivity contribution is -0.144. The van der Waals surface area contributed by atoms with Gasteiger partial charge in [0.15, 0.2) is 6.61 Å². The van der Waals surface area contributed by atoms with Crippen molar-refractivity contribution in [3.05, 3.63) is 29.4 Å². The highest BCUT2D eigenvalue weighted by Gasteiger charge is 2.20. The average Bonchev–Trinajstić information content (AvgIpc) is 3.22. The van der Waals surface area contributed by atoms with Crippen LogP contribution in [0.25, 0.3) is 10.4 Å². The number of aromatic nitrogens is 1. The van der Waals surface area contributed by atoms with Gasteiger partial charge in [0.2, 0.25) is 0 Å². The number of thiazole rings is 1. The fraction of sp³-hybridized carbons (Fsp3) is 0.478. The van der Waals surface area contributed by atoms with Crippen LogP contribution in [-0.2, 0) is 19.1 Å². The molecule has 1 aromatic heterocycles. The molecule has 1 heterocycles. The number of esters is 1. The van der Waals surface area contributed by atoms with Crippen LogP contribution in [0.5, 0.6) is 0 Å². The quantitative estimate of drug-likeness (QED) is 0.543. The molecule has 2 N–H and O–H groups in total. The molecule has 1 aliphatic carbocycles. The van der Waals surface area contributed by atoms with Crippen molar-refractivity contribution in [1.29, 1.82) is 0 Å². The summed E-state index contributed by atoms with van der Waals surface area (Å²) in [4.78, 5) is 40.9. The van der Waals surface area contributed by atoms with E-state index in [1.165, 1.54) is 26.2 Å². The molecule has 3 rings (SSSR count). The molecule has 0 atom stereocenters. The summed E-state index contributed by atoms with van der Waals surface area (Å²) >= 11 is 1.62. The summed E-state index contributed by atoms with van der Waals surface area (Å²) in [6.07, 6.45) is 7.02. The molecule has 9 heteroatoms.